The normalized spacial score (nSPS) is 20.2. The fourth-order valence-electron chi connectivity index (χ4n) is 4.86. The number of aromatic hydroxyl groups is 1. The molecule has 1 N–H and O–H groups in total. The first-order valence-electron chi connectivity index (χ1n) is 11.5. The number of phenols is 1. The van der Waals surface area contributed by atoms with Crippen LogP contribution in [0.4, 0.5) is 0 Å². The molecular weight excluding hydrogens is 328 g/mol. The van der Waals surface area contributed by atoms with Crippen molar-refractivity contribution in [1.82, 2.24) is 0 Å². The van der Waals surface area contributed by atoms with Crippen LogP contribution in [-0.4, -0.2) is 5.11 Å². The standard InChI is InChI=1S/C26H38O/c1-2-3-4-5-6-7-8-9-10-21-11-13-22(14-12-21)23-15-16-25-20-26(27)18-17-24(25)19-23/h15-22,27H,2-14H2,1H3. The topological polar surface area (TPSA) is 20.2 Å². The van der Waals surface area contributed by atoms with Crippen LogP contribution < -0.4 is 0 Å². The van der Waals surface area contributed by atoms with Gasteiger partial charge in [0.1, 0.15) is 5.75 Å². The van der Waals surface area contributed by atoms with Gasteiger partial charge in [-0.1, -0.05) is 89.0 Å². The molecule has 27 heavy (non-hydrogen) atoms. The van der Waals surface area contributed by atoms with Crippen molar-refractivity contribution in [2.24, 2.45) is 5.92 Å². The molecule has 0 saturated heterocycles. The lowest BCUT2D eigenvalue weighted by Crippen LogP contribution is -2.13. The minimum atomic E-state index is 0.358. The van der Waals surface area contributed by atoms with Gasteiger partial charge in [-0.15, -0.1) is 0 Å². The van der Waals surface area contributed by atoms with Gasteiger partial charge in [-0.25, -0.2) is 0 Å². The first kappa shape index (κ1) is 20.2. The Kier molecular flexibility index (Phi) is 8.05. The summed E-state index contributed by atoms with van der Waals surface area (Å²) in [7, 11) is 0. The van der Waals surface area contributed by atoms with Crippen molar-refractivity contribution >= 4 is 10.8 Å². The average molecular weight is 367 g/mol. The van der Waals surface area contributed by atoms with Crippen molar-refractivity contribution in [2.45, 2.75) is 96.3 Å². The second kappa shape index (κ2) is 10.7. The van der Waals surface area contributed by atoms with Crippen molar-refractivity contribution in [3.63, 3.8) is 0 Å². The molecule has 1 heteroatoms. The quantitative estimate of drug-likeness (QED) is 0.419. The van der Waals surface area contributed by atoms with Gasteiger partial charge in [-0.2, -0.15) is 0 Å². The molecule has 0 heterocycles. The van der Waals surface area contributed by atoms with E-state index in [1.54, 1.807) is 6.07 Å². The highest BCUT2D eigenvalue weighted by Crippen LogP contribution is 2.38. The van der Waals surface area contributed by atoms with Crippen LogP contribution in [-0.2, 0) is 0 Å². The van der Waals surface area contributed by atoms with E-state index in [2.05, 4.69) is 25.1 Å². The highest BCUT2D eigenvalue weighted by molar-refractivity contribution is 5.84. The average Bonchev–Trinajstić information content (AvgIpc) is 2.70. The maximum Gasteiger partial charge on any atom is 0.116 e. The molecule has 148 valence electrons. The van der Waals surface area contributed by atoms with E-state index < -0.39 is 0 Å². The Morgan fingerprint density at radius 1 is 0.741 bits per heavy atom. The first-order valence-corrected chi connectivity index (χ1v) is 11.5. The Labute approximate surface area is 166 Å². The van der Waals surface area contributed by atoms with E-state index in [0.29, 0.717) is 5.75 Å². The maximum atomic E-state index is 9.63. The van der Waals surface area contributed by atoms with Crippen molar-refractivity contribution in [3.05, 3.63) is 42.0 Å². The van der Waals surface area contributed by atoms with E-state index >= 15 is 0 Å². The van der Waals surface area contributed by atoms with Gasteiger partial charge >= 0.3 is 0 Å². The second-order valence-corrected chi connectivity index (χ2v) is 8.77. The largest absolute Gasteiger partial charge is 0.508 e. The van der Waals surface area contributed by atoms with Crippen molar-refractivity contribution in [2.75, 3.05) is 0 Å². The van der Waals surface area contributed by atoms with E-state index in [9.17, 15) is 5.11 Å². The summed E-state index contributed by atoms with van der Waals surface area (Å²) in [6, 6.07) is 12.5. The molecule has 2 aromatic rings. The van der Waals surface area contributed by atoms with Crippen molar-refractivity contribution < 1.29 is 5.11 Å². The van der Waals surface area contributed by atoms with Crippen LogP contribution in [0, 0.1) is 5.92 Å². The molecule has 1 aliphatic rings. The lowest BCUT2D eigenvalue weighted by atomic mass is 9.76. The van der Waals surface area contributed by atoms with Crippen LogP contribution in [0.25, 0.3) is 10.8 Å². The molecule has 1 aliphatic carbocycles. The van der Waals surface area contributed by atoms with Gasteiger partial charge in [0.15, 0.2) is 0 Å². The van der Waals surface area contributed by atoms with Gasteiger partial charge in [0.2, 0.25) is 0 Å². The smallest absolute Gasteiger partial charge is 0.116 e. The zero-order chi connectivity index (χ0) is 18.9. The van der Waals surface area contributed by atoms with E-state index in [1.165, 1.54) is 94.4 Å². The summed E-state index contributed by atoms with van der Waals surface area (Å²) in [5.41, 5.74) is 1.50. The number of unbranched alkanes of at least 4 members (excludes halogenated alkanes) is 7. The van der Waals surface area contributed by atoms with Crippen molar-refractivity contribution in [3.8, 4) is 5.75 Å². The molecule has 0 radical (unpaired) electrons. The fraction of sp³-hybridized carbons (Fsp3) is 0.615. The Balaban J connectivity index is 1.36. The van der Waals surface area contributed by atoms with Crippen LogP contribution in [0.3, 0.4) is 0 Å². The molecule has 0 aliphatic heterocycles. The van der Waals surface area contributed by atoms with Gasteiger partial charge < -0.3 is 5.11 Å². The highest BCUT2D eigenvalue weighted by Gasteiger charge is 2.22. The van der Waals surface area contributed by atoms with Crippen LogP contribution in [0.5, 0.6) is 5.75 Å². The third-order valence-electron chi connectivity index (χ3n) is 6.63. The van der Waals surface area contributed by atoms with Crippen LogP contribution >= 0.6 is 0 Å². The Hall–Kier alpha value is -1.50. The van der Waals surface area contributed by atoms with E-state index in [-0.39, 0.29) is 0 Å². The number of benzene rings is 2. The number of hydrogen-bond donors (Lipinski definition) is 1. The molecule has 0 bridgehead atoms. The predicted octanol–water partition coefficient (Wildman–Crippen LogP) is 8.35. The van der Waals surface area contributed by atoms with Crippen LogP contribution in [0.1, 0.15) is 102 Å². The molecule has 0 aromatic heterocycles. The molecule has 0 unspecified atom stereocenters. The Morgan fingerprint density at radius 3 is 2.11 bits per heavy atom. The SMILES string of the molecule is CCCCCCCCCCC1CCC(c2ccc3cc(O)ccc3c2)CC1. The number of phenolic OH excluding ortho intramolecular Hbond substituents is 1. The summed E-state index contributed by atoms with van der Waals surface area (Å²) in [5, 5.41) is 12.0. The highest BCUT2D eigenvalue weighted by atomic mass is 16.3. The molecule has 1 saturated carbocycles. The van der Waals surface area contributed by atoms with Gasteiger partial charge in [0.25, 0.3) is 0 Å². The third kappa shape index (κ3) is 6.26. The minimum absolute atomic E-state index is 0.358. The van der Waals surface area contributed by atoms with Crippen LogP contribution in [0.15, 0.2) is 36.4 Å². The van der Waals surface area contributed by atoms with E-state index in [1.807, 2.05) is 12.1 Å². The lowest BCUT2D eigenvalue weighted by molar-refractivity contribution is 0.302. The summed E-state index contributed by atoms with van der Waals surface area (Å²) < 4.78 is 0. The van der Waals surface area contributed by atoms with Crippen molar-refractivity contribution in [1.29, 1.82) is 0 Å². The molecule has 1 nitrogen and oxygen atoms in total. The van der Waals surface area contributed by atoms with Gasteiger partial charge in [0, 0.05) is 0 Å². The summed E-state index contributed by atoms with van der Waals surface area (Å²) in [6.45, 7) is 2.29. The summed E-state index contributed by atoms with van der Waals surface area (Å²) in [6.07, 6.45) is 18.4. The molecule has 2 aromatic carbocycles. The molecule has 0 spiro atoms. The molecular formula is C26H38O. The monoisotopic (exact) mass is 366 g/mol. The number of hydrogen-bond acceptors (Lipinski definition) is 1. The van der Waals surface area contributed by atoms with E-state index in [0.717, 1.165) is 17.2 Å². The summed E-state index contributed by atoms with van der Waals surface area (Å²) in [5.74, 6) is 2.06. The van der Waals surface area contributed by atoms with Gasteiger partial charge in [-0.3, -0.25) is 0 Å². The van der Waals surface area contributed by atoms with Crippen LogP contribution in [0.2, 0.25) is 0 Å². The first-order chi connectivity index (χ1) is 13.3. The predicted molar refractivity (Wildman–Crippen MR) is 118 cm³/mol. The van der Waals surface area contributed by atoms with Gasteiger partial charge in [-0.05, 0) is 66.0 Å². The number of rotatable bonds is 10. The third-order valence-corrected chi connectivity index (χ3v) is 6.63. The number of fused-ring (bicyclic) bond motifs is 1. The Morgan fingerprint density at radius 2 is 1.37 bits per heavy atom. The lowest BCUT2D eigenvalue weighted by Gasteiger charge is -2.29. The summed E-state index contributed by atoms with van der Waals surface area (Å²) in [4.78, 5) is 0. The zero-order valence-corrected chi connectivity index (χ0v) is 17.3. The molecule has 3 rings (SSSR count). The zero-order valence-electron chi connectivity index (χ0n) is 17.3. The van der Waals surface area contributed by atoms with E-state index in [4.69, 9.17) is 0 Å². The minimum Gasteiger partial charge on any atom is -0.508 e. The maximum absolute atomic E-state index is 9.63. The Bertz CT molecular complexity index is 682. The second-order valence-electron chi connectivity index (χ2n) is 8.77. The molecule has 0 atom stereocenters. The summed E-state index contributed by atoms with van der Waals surface area (Å²) >= 11 is 0. The fourth-order valence-corrected chi connectivity index (χ4v) is 4.86. The molecule has 1 fully saturated rings. The van der Waals surface area contributed by atoms with Gasteiger partial charge in [0.05, 0.1) is 0 Å². The molecule has 0 amide bonds.